The molecule has 0 aliphatic rings. The fourth-order valence-corrected chi connectivity index (χ4v) is 1.41. The second-order valence-corrected chi connectivity index (χ2v) is 3.17. The summed E-state index contributed by atoms with van der Waals surface area (Å²) in [5.41, 5.74) is 1.41. The van der Waals surface area contributed by atoms with Crippen molar-refractivity contribution in [1.82, 2.24) is 4.98 Å². The van der Waals surface area contributed by atoms with Crippen LogP contribution < -0.4 is 4.90 Å². The Kier molecular flexibility index (Phi) is 4.58. The number of hydrogen-bond acceptors (Lipinski definition) is 4. The molecule has 1 heterocycles. The molecule has 0 saturated carbocycles. The van der Waals surface area contributed by atoms with Crippen molar-refractivity contribution in [1.29, 1.82) is 5.26 Å². The number of nitriles is 1. The largest absolute Gasteiger partial charge is 0.396 e. The summed E-state index contributed by atoms with van der Waals surface area (Å²) in [4.78, 5) is 6.03. The summed E-state index contributed by atoms with van der Waals surface area (Å²) in [5, 5.41) is 17.5. The lowest BCUT2D eigenvalue weighted by atomic mass is 10.3. The standard InChI is InChI=1S/C11H15N3O/c1-2-14(6-3-7-15)11-4-5-13-10(8-11)9-12/h4-5,8,15H,2-3,6-7H2,1H3. The minimum absolute atomic E-state index is 0.187. The van der Waals surface area contributed by atoms with Crippen LogP contribution in [0.25, 0.3) is 0 Å². The lowest BCUT2D eigenvalue weighted by Gasteiger charge is -2.22. The van der Waals surface area contributed by atoms with E-state index in [1.807, 2.05) is 19.1 Å². The van der Waals surface area contributed by atoms with Crippen molar-refractivity contribution in [2.24, 2.45) is 0 Å². The first-order valence-electron chi connectivity index (χ1n) is 5.03. The van der Waals surface area contributed by atoms with Gasteiger partial charge in [-0.3, -0.25) is 0 Å². The van der Waals surface area contributed by atoms with Crippen molar-refractivity contribution >= 4 is 5.69 Å². The molecular formula is C11H15N3O. The van der Waals surface area contributed by atoms with E-state index in [4.69, 9.17) is 10.4 Å². The van der Waals surface area contributed by atoms with Crippen molar-refractivity contribution < 1.29 is 5.11 Å². The normalized spacial score (nSPS) is 9.67. The summed E-state index contributed by atoms with van der Waals surface area (Å²) in [6, 6.07) is 5.66. The molecule has 1 aromatic rings. The molecule has 0 aliphatic heterocycles. The van der Waals surface area contributed by atoms with Gasteiger partial charge in [-0.15, -0.1) is 0 Å². The highest BCUT2D eigenvalue weighted by molar-refractivity contribution is 5.48. The third kappa shape index (κ3) is 3.22. The van der Waals surface area contributed by atoms with E-state index in [1.165, 1.54) is 0 Å². The Morgan fingerprint density at radius 1 is 1.60 bits per heavy atom. The van der Waals surface area contributed by atoms with Gasteiger partial charge in [0, 0.05) is 31.6 Å². The molecule has 4 nitrogen and oxygen atoms in total. The van der Waals surface area contributed by atoms with Gasteiger partial charge in [0.05, 0.1) is 0 Å². The molecule has 1 rings (SSSR count). The maximum Gasteiger partial charge on any atom is 0.142 e. The van der Waals surface area contributed by atoms with E-state index in [0.717, 1.165) is 25.2 Å². The van der Waals surface area contributed by atoms with Gasteiger partial charge in [-0.25, -0.2) is 4.98 Å². The van der Waals surface area contributed by atoms with Gasteiger partial charge in [0.1, 0.15) is 11.8 Å². The van der Waals surface area contributed by atoms with E-state index in [1.54, 1.807) is 12.3 Å². The average Bonchev–Trinajstić information content (AvgIpc) is 2.30. The lowest BCUT2D eigenvalue weighted by Crippen LogP contribution is -2.24. The zero-order valence-electron chi connectivity index (χ0n) is 8.85. The van der Waals surface area contributed by atoms with Crippen molar-refractivity contribution in [2.45, 2.75) is 13.3 Å². The molecule has 0 amide bonds. The van der Waals surface area contributed by atoms with Crippen molar-refractivity contribution in [3.63, 3.8) is 0 Å². The van der Waals surface area contributed by atoms with E-state index in [-0.39, 0.29) is 6.61 Å². The number of aromatic nitrogens is 1. The van der Waals surface area contributed by atoms with Crippen molar-refractivity contribution in [3.8, 4) is 6.07 Å². The molecule has 1 N–H and O–H groups in total. The predicted octanol–water partition coefficient (Wildman–Crippen LogP) is 1.16. The summed E-state index contributed by atoms with van der Waals surface area (Å²) < 4.78 is 0. The number of anilines is 1. The number of aliphatic hydroxyl groups excluding tert-OH is 1. The minimum Gasteiger partial charge on any atom is -0.396 e. The van der Waals surface area contributed by atoms with Crippen LogP contribution in [0.2, 0.25) is 0 Å². The first kappa shape index (κ1) is 11.5. The highest BCUT2D eigenvalue weighted by Gasteiger charge is 2.04. The molecule has 0 radical (unpaired) electrons. The summed E-state index contributed by atoms with van der Waals surface area (Å²) in [7, 11) is 0. The van der Waals surface area contributed by atoms with Gasteiger partial charge in [-0.1, -0.05) is 0 Å². The van der Waals surface area contributed by atoms with E-state index in [2.05, 4.69) is 9.88 Å². The topological polar surface area (TPSA) is 60.1 Å². The first-order chi connectivity index (χ1) is 7.31. The smallest absolute Gasteiger partial charge is 0.142 e. The molecule has 15 heavy (non-hydrogen) atoms. The molecule has 1 aromatic heterocycles. The lowest BCUT2D eigenvalue weighted by molar-refractivity contribution is 0.289. The van der Waals surface area contributed by atoms with Gasteiger partial charge in [-0.05, 0) is 25.5 Å². The summed E-state index contributed by atoms with van der Waals surface area (Å²) >= 11 is 0. The summed E-state index contributed by atoms with van der Waals surface area (Å²) in [6.07, 6.45) is 2.37. The van der Waals surface area contributed by atoms with E-state index < -0.39 is 0 Å². The molecule has 80 valence electrons. The molecular weight excluding hydrogens is 190 g/mol. The summed E-state index contributed by atoms with van der Waals surface area (Å²) in [6.45, 7) is 3.88. The van der Waals surface area contributed by atoms with Gasteiger partial charge in [0.15, 0.2) is 0 Å². The van der Waals surface area contributed by atoms with E-state index in [9.17, 15) is 0 Å². The fourth-order valence-electron chi connectivity index (χ4n) is 1.41. The number of hydrogen-bond donors (Lipinski definition) is 1. The van der Waals surface area contributed by atoms with Crippen LogP contribution in [0.3, 0.4) is 0 Å². The highest BCUT2D eigenvalue weighted by Crippen LogP contribution is 2.14. The Morgan fingerprint density at radius 2 is 2.40 bits per heavy atom. The Morgan fingerprint density at radius 3 is 3.00 bits per heavy atom. The van der Waals surface area contributed by atoms with Crippen molar-refractivity contribution in [2.75, 3.05) is 24.6 Å². The number of aliphatic hydroxyl groups is 1. The second-order valence-electron chi connectivity index (χ2n) is 3.17. The number of nitrogens with zero attached hydrogens (tertiary/aromatic N) is 3. The van der Waals surface area contributed by atoms with Crippen LogP contribution >= 0.6 is 0 Å². The Bertz CT molecular complexity index is 346. The van der Waals surface area contributed by atoms with Crippen LogP contribution in [0.5, 0.6) is 0 Å². The van der Waals surface area contributed by atoms with Crippen molar-refractivity contribution in [3.05, 3.63) is 24.0 Å². The van der Waals surface area contributed by atoms with Crippen LogP contribution in [0.1, 0.15) is 19.0 Å². The van der Waals surface area contributed by atoms with Gasteiger partial charge in [-0.2, -0.15) is 5.26 Å². The van der Waals surface area contributed by atoms with E-state index in [0.29, 0.717) is 5.69 Å². The third-order valence-corrected chi connectivity index (χ3v) is 2.19. The van der Waals surface area contributed by atoms with Gasteiger partial charge >= 0.3 is 0 Å². The maximum atomic E-state index is 8.77. The third-order valence-electron chi connectivity index (χ3n) is 2.19. The molecule has 0 aliphatic carbocycles. The molecule has 0 aromatic carbocycles. The fraction of sp³-hybridized carbons (Fsp3) is 0.455. The van der Waals surface area contributed by atoms with Crippen LogP contribution in [-0.4, -0.2) is 29.8 Å². The van der Waals surface area contributed by atoms with Gasteiger partial charge < -0.3 is 10.0 Å². The maximum absolute atomic E-state index is 8.77. The molecule has 4 heteroatoms. The molecule has 0 spiro atoms. The minimum atomic E-state index is 0.187. The van der Waals surface area contributed by atoms with Gasteiger partial charge in [0.2, 0.25) is 0 Å². The monoisotopic (exact) mass is 205 g/mol. The first-order valence-corrected chi connectivity index (χ1v) is 5.03. The molecule has 0 fully saturated rings. The SMILES string of the molecule is CCN(CCCO)c1ccnc(C#N)c1. The second kappa shape index (κ2) is 5.99. The Balaban J connectivity index is 2.78. The molecule has 0 atom stereocenters. The molecule has 0 bridgehead atoms. The van der Waals surface area contributed by atoms with E-state index >= 15 is 0 Å². The molecule has 0 saturated heterocycles. The Hall–Kier alpha value is -1.60. The van der Waals surface area contributed by atoms with Crippen LogP contribution in [0, 0.1) is 11.3 Å². The average molecular weight is 205 g/mol. The quantitative estimate of drug-likeness (QED) is 0.783. The predicted molar refractivity (Wildman–Crippen MR) is 58.5 cm³/mol. The molecule has 0 unspecified atom stereocenters. The number of rotatable bonds is 5. The van der Waals surface area contributed by atoms with Crippen LogP contribution in [-0.2, 0) is 0 Å². The van der Waals surface area contributed by atoms with Crippen LogP contribution in [0.15, 0.2) is 18.3 Å². The number of pyridine rings is 1. The van der Waals surface area contributed by atoms with Gasteiger partial charge in [0.25, 0.3) is 0 Å². The van der Waals surface area contributed by atoms with Crippen LogP contribution in [0.4, 0.5) is 5.69 Å². The zero-order chi connectivity index (χ0) is 11.1. The highest BCUT2D eigenvalue weighted by atomic mass is 16.3. The summed E-state index contributed by atoms with van der Waals surface area (Å²) in [5.74, 6) is 0. The Labute approximate surface area is 89.8 Å². The zero-order valence-corrected chi connectivity index (χ0v) is 8.85.